The minimum absolute atomic E-state index is 0.154. The second-order valence-electron chi connectivity index (χ2n) is 9.43. The molecule has 7 nitrogen and oxygen atoms in total. The lowest BCUT2D eigenvalue weighted by atomic mass is 10.0. The molecular weight excluding hydrogens is 460 g/mol. The van der Waals surface area contributed by atoms with E-state index in [2.05, 4.69) is 45.0 Å². The van der Waals surface area contributed by atoms with E-state index in [4.69, 9.17) is 4.98 Å². The molecule has 1 amide bonds. The molecule has 4 aromatic rings. The van der Waals surface area contributed by atoms with Crippen LogP contribution in [0, 0.1) is 0 Å². The van der Waals surface area contributed by atoms with Crippen LogP contribution < -0.4 is 16.0 Å². The van der Waals surface area contributed by atoms with Gasteiger partial charge < -0.3 is 20.9 Å². The molecule has 37 heavy (non-hydrogen) atoms. The Morgan fingerprint density at radius 1 is 0.973 bits per heavy atom. The van der Waals surface area contributed by atoms with E-state index < -0.39 is 0 Å². The molecule has 0 unspecified atom stereocenters. The van der Waals surface area contributed by atoms with Crippen LogP contribution in [0.1, 0.15) is 19.8 Å². The predicted molar refractivity (Wildman–Crippen MR) is 152 cm³/mol. The first kappa shape index (κ1) is 24.5. The molecule has 2 heterocycles. The summed E-state index contributed by atoms with van der Waals surface area (Å²) in [4.78, 5) is 23.7. The number of para-hydroxylation sites is 1. The molecule has 0 bridgehead atoms. The SMILES string of the molecule is CC=CC(=O)Nc1cccc(-c2cccc3cnc(Nc4ccc(NC5CCN(C)CC5)cc4)nc23)c1. The van der Waals surface area contributed by atoms with Crippen LogP contribution >= 0.6 is 0 Å². The van der Waals surface area contributed by atoms with Gasteiger partial charge in [-0.05, 0) is 87.9 Å². The molecule has 3 aromatic carbocycles. The molecule has 1 aromatic heterocycles. The number of nitrogens with zero attached hydrogens (tertiary/aromatic N) is 3. The van der Waals surface area contributed by atoms with Crippen LogP contribution in [-0.2, 0) is 4.79 Å². The predicted octanol–water partition coefficient (Wildman–Crippen LogP) is 6.06. The van der Waals surface area contributed by atoms with Crippen LogP contribution in [0.25, 0.3) is 22.0 Å². The second kappa shape index (κ2) is 11.2. The van der Waals surface area contributed by atoms with Gasteiger partial charge in [-0.1, -0.05) is 36.4 Å². The van der Waals surface area contributed by atoms with Crippen molar-refractivity contribution >= 4 is 39.8 Å². The number of allylic oxidation sites excluding steroid dienone is 1. The van der Waals surface area contributed by atoms with Crippen molar-refractivity contribution in [3.05, 3.63) is 85.1 Å². The summed E-state index contributed by atoms with van der Waals surface area (Å²) in [5.41, 5.74) is 5.58. The standard InChI is InChI=1S/C30H32N6O/c1-3-6-28(37)33-26-9-4-7-21(19-26)27-10-5-8-22-20-31-30(35-29(22)27)34-24-13-11-23(12-14-24)32-25-15-17-36(2)18-16-25/h3-14,19-20,25,32H,15-18H2,1-2H3,(H,33,37)(H,31,34,35). The molecule has 0 saturated carbocycles. The number of likely N-dealkylation sites (tertiary alicyclic amines) is 1. The van der Waals surface area contributed by atoms with E-state index >= 15 is 0 Å². The van der Waals surface area contributed by atoms with E-state index in [1.807, 2.05) is 67.7 Å². The minimum Gasteiger partial charge on any atom is -0.382 e. The summed E-state index contributed by atoms with van der Waals surface area (Å²) in [5.74, 6) is 0.382. The van der Waals surface area contributed by atoms with E-state index in [0.29, 0.717) is 12.0 Å². The molecule has 0 aliphatic carbocycles. The maximum atomic E-state index is 12.0. The van der Waals surface area contributed by atoms with Crippen molar-refractivity contribution in [1.82, 2.24) is 14.9 Å². The zero-order valence-corrected chi connectivity index (χ0v) is 21.2. The van der Waals surface area contributed by atoms with Crippen LogP contribution in [0.4, 0.5) is 23.0 Å². The molecule has 0 atom stereocenters. The number of nitrogens with one attached hydrogen (secondary N) is 3. The summed E-state index contributed by atoms with van der Waals surface area (Å²) in [7, 11) is 2.18. The van der Waals surface area contributed by atoms with Crippen molar-refractivity contribution in [1.29, 1.82) is 0 Å². The Labute approximate surface area is 217 Å². The van der Waals surface area contributed by atoms with Crippen molar-refractivity contribution < 1.29 is 4.79 Å². The number of amides is 1. The molecule has 188 valence electrons. The Morgan fingerprint density at radius 3 is 2.51 bits per heavy atom. The third-order valence-electron chi connectivity index (χ3n) is 6.60. The number of aromatic nitrogens is 2. The van der Waals surface area contributed by atoms with Crippen LogP contribution in [-0.4, -0.2) is 47.0 Å². The number of piperidine rings is 1. The summed E-state index contributed by atoms with van der Waals surface area (Å²) in [6.45, 7) is 4.08. The molecule has 1 fully saturated rings. The van der Waals surface area contributed by atoms with Crippen molar-refractivity contribution in [3.8, 4) is 11.1 Å². The van der Waals surface area contributed by atoms with Gasteiger partial charge in [-0.15, -0.1) is 0 Å². The average Bonchev–Trinajstić information content (AvgIpc) is 2.91. The number of benzene rings is 3. The highest BCUT2D eigenvalue weighted by Crippen LogP contribution is 2.30. The molecule has 0 spiro atoms. The van der Waals surface area contributed by atoms with E-state index in [-0.39, 0.29) is 5.91 Å². The molecule has 0 radical (unpaired) electrons. The second-order valence-corrected chi connectivity index (χ2v) is 9.43. The van der Waals surface area contributed by atoms with Gasteiger partial charge in [0, 0.05) is 40.3 Å². The average molecular weight is 493 g/mol. The van der Waals surface area contributed by atoms with E-state index in [1.54, 1.807) is 6.08 Å². The minimum atomic E-state index is -0.154. The summed E-state index contributed by atoms with van der Waals surface area (Å²) in [6.07, 6.45) is 7.38. The molecule has 1 saturated heterocycles. The smallest absolute Gasteiger partial charge is 0.248 e. The summed E-state index contributed by atoms with van der Waals surface area (Å²) in [6, 6.07) is 22.6. The number of hydrogen-bond donors (Lipinski definition) is 3. The quantitative estimate of drug-likeness (QED) is 0.272. The lowest BCUT2D eigenvalue weighted by Crippen LogP contribution is -2.36. The number of fused-ring (bicyclic) bond motifs is 1. The van der Waals surface area contributed by atoms with Gasteiger partial charge in [0.2, 0.25) is 11.9 Å². The first-order chi connectivity index (χ1) is 18.1. The fraction of sp³-hybridized carbons (Fsp3) is 0.233. The van der Waals surface area contributed by atoms with E-state index in [0.717, 1.165) is 65.0 Å². The molecule has 1 aliphatic heterocycles. The van der Waals surface area contributed by atoms with Gasteiger partial charge in [0.05, 0.1) is 5.52 Å². The number of carbonyl (C=O) groups excluding carboxylic acids is 1. The van der Waals surface area contributed by atoms with Crippen molar-refractivity contribution in [2.24, 2.45) is 0 Å². The summed E-state index contributed by atoms with van der Waals surface area (Å²) >= 11 is 0. The van der Waals surface area contributed by atoms with Crippen molar-refractivity contribution in [2.45, 2.75) is 25.8 Å². The Morgan fingerprint density at radius 2 is 1.73 bits per heavy atom. The largest absolute Gasteiger partial charge is 0.382 e. The van der Waals surface area contributed by atoms with Gasteiger partial charge in [0.1, 0.15) is 0 Å². The molecule has 3 N–H and O–H groups in total. The number of anilines is 4. The maximum Gasteiger partial charge on any atom is 0.248 e. The van der Waals surface area contributed by atoms with Gasteiger partial charge in [0.15, 0.2) is 0 Å². The van der Waals surface area contributed by atoms with Gasteiger partial charge in [0.25, 0.3) is 0 Å². The Kier molecular flexibility index (Phi) is 7.42. The first-order valence-corrected chi connectivity index (χ1v) is 12.7. The zero-order valence-electron chi connectivity index (χ0n) is 21.2. The number of carbonyl (C=O) groups is 1. The highest BCUT2D eigenvalue weighted by atomic mass is 16.1. The molecule has 5 rings (SSSR count). The van der Waals surface area contributed by atoms with E-state index in [9.17, 15) is 4.79 Å². The summed E-state index contributed by atoms with van der Waals surface area (Å²) < 4.78 is 0. The third kappa shape index (κ3) is 6.13. The normalized spacial score (nSPS) is 14.6. The van der Waals surface area contributed by atoms with Crippen molar-refractivity contribution in [3.63, 3.8) is 0 Å². The third-order valence-corrected chi connectivity index (χ3v) is 6.60. The fourth-order valence-corrected chi connectivity index (χ4v) is 4.62. The Bertz CT molecular complexity index is 1410. The first-order valence-electron chi connectivity index (χ1n) is 12.7. The summed E-state index contributed by atoms with van der Waals surface area (Å²) in [5, 5.41) is 10.8. The number of hydrogen-bond acceptors (Lipinski definition) is 6. The topological polar surface area (TPSA) is 82.2 Å². The van der Waals surface area contributed by atoms with Gasteiger partial charge in [-0.2, -0.15) is 0 Å². The van der Waals surface area contributed by atoms with Gasteiger partial charge in [-0.25, -0.2) is 9.97 Å². The van der Waals surface area contributed by atoms with E-state index in [1.165, 1.54) is 6.08 Å². The molecule has 7 heteroatoms. The van der Waals surface area contributed by atoms with Crippen molar-refractivity contribution in [2.75, 3.05) is 36.1 Å². The van der Waals surface area contributed by atoms with Crippen LogP contribution in [0.3, 0.4) is 0 Å². The highest BCUT2D eigenvalue weighted by Gasteiger charge is 2.16. The fourth-order valence-electron chi connectivity index (χ4n) is 4.62. The maximum absolute atomic E-state index is 12.0. The highest BCUT2D eigenvalue weighted by molar-refractivity contribution is 6.00. The van der Waals surface area contributed by atoms with Gasteiger partial charge in [-0.3, -0.25) is 4.79 Å². The van der Waals surface area contributed by atoms with Crippen LogP contribution in [0.2, 0.25) is 0 Å². The monoisotopic (exact) mass is 492 g/mol. The Balaban J connectivity index is 1.34. The zero-order chi connectivity index (χ0) is 25.6. The molecule has 1 aliphatic rings. The molecular formula is C30H32N6O. The lowest BCUT2D eigenvalue weighted by molar-refractivity contribution is -0.111. The lowest BCUT2D eigenvalue weighted by Gasteiger charge is -2.30. The van der Waals surface area contributed by atoms with Crippen LogP contribution in [0.15, 0.2) is 85.1 Å². The van der Waals surface area contributed by atoms with Gasteiger partial charge >= 0.3 is 0 Å². The van der Waals surface area contributed by atoms with Crippen LogP contribution in [0.5, 0.6) is 0 Å². The Hall–Kier alpha value is -4.23. The number of rotatable bonds is 7.